The molecule has 4 nitrogen and oxygen atoms in total. The number of carbonyl (C=O) groups excluding carboxylic acids is 1. The minimum atomic E-state index is 0.0396. The molecular formula is C11H23N3O. The van der Waals surface area contributed by atoms with E-state index >= 15 is 0 Å². The molecule has 15 heavy (non-hydrogen) atoms. The van der Waals surface area contributed by atoms with Gasteiger partial charge in [0.2, 0.25) is 5.91 Å². The molecule has 0 radical (unpaired) electrons. The van der Waals surface area contributed by atoms with Crippen molar-refractivity contribution in [3.05, 3.63) is 0 Å². The van der Waals surface area contributed by atoms with E-state index in [2.05, 4.69) is 29.4 Å². The molecule has 0 aliphatic carbocycles. The van der Waals surface area contributed by atoms with Gasteiger partial charge in [-0.05, 0) is 19.9 Å². The molecule has 0 saturated carbocycles. The maximum Gasteiger partial charge on any atom is 0.237 e. The van der Waals surface area contributed by atoms with Crippen LogP contribution in [0.15, 0.2) is 0 Å². The Bertz CT molecular complexity index is 206. The lowest BCUT2D eigenvalue weighted by Crippen LogP contribution is -2.54. The first-order chi connectivity index (χ1) is 7.11. The van der Waals surface area contributed by atoms with E-state index in [-0.39, 0.29) is 11.9 Å². The summed E-state index contributed by atoms with van der Waals surface area (Å²) < 4.78 is 0. The van der Waals surface area contributed by atoms with Crippen LogP contribution in [0.25, 0.3) is 0 Å². The molecule has 4 heteroatoms. The molecule has 0 bridgehead atoms. The molecule has 1 rings (SSSR count). The van der Waals surface area contributed by atoms with Gasteiger partial charge in [0.1, 0.15) is 0 Å². The maximum atomic E-state index is 11.4. The smallest absolute Gasteiger partial charge is 0.237 e. The highest BCUT2D eigenvalue weighted by molar-refractivity contribution is 5.81. The lowest BCUT2D eigenvalue weighted by Gasteiger charge is -2.32. The van der Waals surface area contributed by atoms with Crippen LogP contribution in [0.5, 0.6) is 0 Å². The Hall–Kier alpha value is -0.610. The van der Waals surface area contributed by atoms with E-state index in [9.17, 15) is 4.79 Å². The Labute approximate surface area is 92.4 Å². The summed E-state index contributed by atoms with van der Waals surface area (Å²) in [6.07, 6.45) is 1.11. The number of piperazine rings is 1. The molecule has 88 valence electrons. The van der Waals surface area contributed by atoms with Crippen LogP contribution in [-0.2, 0) is 4.79 Å². The molecule has 0 aromatic heterocycles. The fourth-order valence-electron chi connectivity index (χ4n) is 1.81. The molecule has 1 amide bonds. The lowest BCUT2D eigenvalue weighted by molar-refractivity contribution is -0.128. The zero-order valence-electron chi connectivity index (χ0n) is 10.0. The number of amides is 1. The van der Waals surface area contributed by atoms with Crippen molar-refractivity contribution in [3.63, 3.8) is 0 Å². The number of rotatable bonds is 5. The summed E-state index contributed by atoms with van der Waals surface area (Å²) in [6.45, 7) is 10.1. The summed E-state index contributed by atoms with van der Waals surface area (Å²) in [7, 11) is 0. The summed E-state index contributed by atoms with van der Waals surface area (Å²) >= 11 is 0. The predicted octanol–water partition coefficient (Wildman–Crippen LogP) is 0.195. The molecular weight excluding hydrogens is 190 g/mol. The third kappa shape index (κ3) is 4.18. The van der Waals surface area contributed by atoms with E-state index in [4.69, 9.17) is 0 Å². The summed E-state index contributed by atoms with van der Waals surface area (Å²) in [5.74, 6) is 0.165. The summed E-state index contributed by atoms with van der Waals surface area (Å²) in [6, 6.07) is 0.588. The highest BCUT2D eigenvalue weighted by Gasteiger charge is 2.24. The molecule has 1 aliphatic rings. The summed E-state index contributed by atoms with van der Waals surface area (Å²) in [5, 5.41) is 6.26. The number of hydrogen-bond acceptors (Lipinski definition) is 3. The Morgan fingerprint density at radius 3 is 3.00 bits per heavy atom. The van der Waals surface area contributed by atoms with E-state index in [0.29, 0.717) is 6.04 Å². The SMILES string of the molecule is CC(C)NCCCN1CCNC(=O)C1C. The zero-order chi connectivity index (χ0) is 11.3. The van der Waals surface area contributed by atoms with E-state index in [1.165, 1.54) is 0 Å². The van der Waals surface area contributed by atoms with Crippen LogP contribution in [-0.4, -0.2) is 49.1 Å². The first-order valence-corrected chi connectivity index (χ1v) is 5.86. The van der Waals surface area contributed by atoms with Crippen LogP contribution < -0.4 is 10.6 Å². The number of carbonyl (C=O) groups is 1. The second kappa shape index (κ2) is 6.08. The average molecular weight is 213 g/mol. The first-order valence-electron chi connectivity index (χ1n) is 5.86. The summed E-state index contributed by atoms with van der Waals surface area (Å²) in [5.41, 5.74) is 0. The van der Waals surface area contributed by atoms with Crippen molar-refractivity contribution in [3.8, 4) is 0 Å². The van der Waals surface area contributed by atoms with Crippen LogP contribution in [0.3, 0.4) is 0 Å². The molecule has 1 saturated heterocycles. The first kappa shape index (κ1) is 12.5. The van der Waals surface area contributed by atoms with Crippen LogP contribution in [0.1, 0.15) is 27.2 Å². The predicted molar refractivity (Wildman–Crippen MR) is 61.8 cm³/mol. The molecule has 0 aromatic rings. The molecule has 1 heterocycles. The van der Waals surface area contributed by atoms with Gasteiger partial charge in [-0.2, -0.15) is 0 Å². The van der Waals surface area contributed by atoms with Crippen molar-refractivity contribution in [2.75, 3.05) is 26.2 Å². The number of hydrogen-bond donors (Lipinski definition) is 2. The minimum Gasteiger partial charge on any atom is -0.353 e. The standard InChI is InChI=1S/C11H23N3O/c1-9(2)12-5-4-7-14-8-6-13-11(15)10(14)3/h9-10,12H,4-8H2,1-3H3,(H,13,15). The van der Waals surface area contributed by atoms with E-state index in [0.717, 1.165) is 32.6 Å². The number of nitrogens with one attached hydrogen (secondary N) is 2. The average Bonchev–Trinajstić information content (AvgIpc) is 2.18. The quantitative estimate of drug-likeness (QED) is 0.641. The summed E-state index contributed by atoms with van der Waals surface area (Å²) in [4.78, 5) is 13.6. The molecule has 1 fully saturated rings. The van der Waals surface area contributed by atoms with Crippen molar-refractivity contribution in [1.82, 2.24) is 15.5 Å². The van der Waals surface area contributed by atoms with E-state index < -0.39 is 0 Å². The Morgan fingerprint density at radius 2 is 2.33 bits per heavy atom. The second-order valence-electron chi connectivity index (χ2n) is 4.47. The Morgan fingerprint density at radius 1 is 1.60 bits per heavy atom. The molecule has 2 N–H and O–H groups in total. The monoisotopic (exact) mass is 213 g/mol. The van der Waals surface area contributed by atoms with Gasteiger partial charge in [0, 0.05) is 25.7 Å². The maximum absolute atomic E-state index is 11.4. The van der Waals surface area contributed by atoms with Crippen LogP contribution in [0, 0.1) is 0 Å². The normalized spacial score (nSPS) is 23.2. The third-order valence-electron chi connectivity index (χ3n) is 2.80. The van der Waals surface area contributed by atoms with Gasteiger partial charge in [-0.1, -0.05) is 13.8 Å². The highest BCUT2D eigenvalue weighted by Crippen LogP contribution is 2.03. The van der Waals surface area contributed by atoms with Crippen LogP contribution in [0.4, 0.5) is 0 Å². The van der Waals surface area contributed by atoms with Gasteiger partial charge in [0.15, 0.2) is 0 Å². The van der Waals surface area contributed by atoms with Gasteiger partial charge in [0.05, 0.1) is 6.04 Å². The Kier molecular flexibility index (Phi) is 5.05. The largest absolute Gasteiger partial charge is 0.353 e. The van der Waals surface area contributed by atoms with Gasteiger partial charge in [-0.3, -0.25) is 9.69 Å². The highest BCUT2D eigenvalue weighted by atomic mass is 16.2. The van der Waals surface area contributed by atoms with Crippen molar-refractivity contribution in [2.24, 2.45) is 0 Å². The van der Waals surface area contributed by atoms with Crippen molar-refractivity contribution < 1.29 is 4.79 Å². The third-order valence-corrected chi connectivity index (χ3v) is 2.80. The van der Waals surface area contributed by atoms with Crippen LogP contribution in [0.2, 0.25) is 0 Å². The van der Waals surface area contributed by atoms with Gasteiger partial charge in [-0.15, -0.1) is 0 Å². The van der Waals surface area contributed by atoms with Gasteiger partial charge in [0.25, 0.3) is 0 Å². The molecule has 0 aromatic carbocycles. The molecule has 1 unspecified atom stereocenters. The minimum absolute atomic E-state index is 0.0396. The van der Waals surface area contributed by atoms with Crippen molar-refractivity contribution >= 4 is 5.91 Å². The van der Waals surface area contributed by atoms with Crippen molar-refractivity contribution in [2.45, 2.75) is 39.3 Å². The van der Waals surface area contributed by atoms with Crippen LogP contribution >= 0.6 is 0 Å². The Balaban J connectivity index is 2.17. The molecule has 1 aliphatic heterocycles. The fourth-order valence-corrected chi connectivity index (χ4v) is 1.81. The van der Waals surface area contributed by atoms with Gasteiger partial charge >= 0.3 is 0 Å². The lowest BCUT2D eigenvalue weighted by atomic mass is 10.2. The van der Waals surface area contributed by atoms with Gasteiger partial charge in [-0.25, -0.2) is 0 Å². The van der Waals surface area contributed by atoms with E-state index in [1.807, 2.05) is 6.92 Å². The van der Waals surface area contributed by atoms with E-state index in [1.54, 1.807) is 0 Å². The fraction of sp³-hybridized carbons (Fsp3) is 0.909. The van der Waals surface area contributed by atoms with Crippen molar-refractivity contribution in [1.29, 1.82) is 0 Å². The zero-order valence-corrected chi connectivity index (χ0v) is 10.0. The molecule has 0 spiro atoms. The topological polar surface area (TPSA) is 44.4 Å². The number of nitrogens with zero attached hydrogens (tertiary/aromatic N) is 1. The molecule has 1 atom stereocenters. The second-order valence-corrected chi connectivity index (χ2v) is 4.47. The van der Waals surface area contributed by atoms with Gasteiger partial charge < -0.3 is 10.6 Å².